The second kappa shape index (κ2) is 8.15. The van der Waals surface area contributed by atoms with E-state index in [1.54, 1.807) is 38.2 Å². The van der Waals surface area contributed by atoms with Gasteiger partial charge in [-0.15, -0.1) is 0 Å². The molecule has 0 amide bonds. The second-order valence-corrected chi connectivity index (χ2v) is 10.7. The minimum Gasteiger partial charge on any atom is -0.449 e. The topological polar surface area (TPSA) is 82.6 Å². The summed E-state index contributed by atoms with van der Waals surface area (Å²) in [6.07, 6.45) is 3.68. The summed E-state index contributed by atoms with van der Waals surface area (Å²) in [6.45, 7) is 7.71. The van der Waals surface area contributed by atoms with Gasteiger partial charge in [0, 0.05) is 10.7 Å². The molecular formula is C22H24BrNO5S. The van der Waals surface area contributed by atoms with Gasteiger partial charge in [-0.1, -0.05) is 26.0 Å². The van der Waals surface area contributed by atoms with Gasteiger partial charge in [0.15, 0.2) is 9.84 Å². The summed E-state index contributed by atoms with van der Waals surface area (Å²) in [6, 6.07) is 8.10. The average Bonchev–Trinajstić information content (AvgIpc) is 2.88. The fourth-order valence-electron chi connectivity index (χ4n) is 3.31. The number of cyclic esters (lactones) is 1. The molecule has 2 aromatic rings. The van der Waals surface area contributed by atoms with Crippen molar-refractivity contribution in [3.8, 4) is 5.75 Å². The molecule has 0 saturated carbocycles. The lowest BCUT2D eigenvalue weighted by Gasteiger charge is -2.21. The lowest BCUT2D eigenvalue weighted by molar-refractivity contribution is -0.145. The molecular weight excluding hydrogens is 470 g/mol. The van der Waals surface area contributed by atoms with Gasteiger partial charge in [0.25, 0.3) is 0 Å². The SMILES string of the molecule is CCC(C)c1ncc(OC2=C(c3ccc(S(C)(=O)=O)cc3)C(C)(C)OC2=O)cc1Br. The number of esters is 1. The number of halogens is 1. The number of rotatable bonds is 6. The van der Waals surface area contributed by atoms with Crippen molar-refractivity contribution in [3.05, 3.63) is 58.0 Å². The number of pyridine rings is 1. The zero-order valence-electron chi connectivity index (χ0n) is 17.5. The molecule has 1 aromatic heterocycles. The van der Waals surface area contributed by atoms with Crippen molar-refractivity contribution in [3.63, 3.8) is 0 Å². The smallest absolute Gasteiger partial charge is 0.375 e. The maximum atomic E-state index is 12.6. The Morgan fingerprint density at radius 2 is 1.87 bits per heavy atom. The van der Waals surface area contributed by atoms with Crippen LogP contribution in [0.25, 0.3) is 5.57 Å². The first-order chi connectivity index (χ1) is 13.9. The zero-order valence-corrected chi connectivity index (χ0v) is 19.9. The number of aromatic nitrogens is 1. The van der Waals surface area contributed by atoms with Gasteiger partial charge in [-0.3, -0.25) is 4.98 Å². The van der Waals surface area contributed by atoms with Crippen molar-refractivity contribution in [2.45, 2.75) is 50.5 Å². The molecule has 0 bridgehead atoms. The largest absolute Gasteiger partial charge is 0.449 e. The van der Waals surface area contributed by atoms with Crippen molar-refractivity contribution >= 4 is 37.3 Å². The highest BCUT2D eigenvalue weighted by Gasteiger charge is 2.43. The van der Waals surface area contributed by atoms with E-state index in [1.807, 2.05) is 0 Å². The lowest BCUT2D eigenvalue weighted by atomic mass is 9.92. The minimum absolute atomic E-state index is 0.0668. The molecule has 1 aromatic carbocycles. The lowest BCUT2D eigenvalue weighted by Crippen LogP contribution is -2.22. The molecule has 6 nitrogen and oxygen atoms in total. The highest BCUT2D eigenvalue weighted by atomic mass is 79.9. The molecule has 0 spiro atoms. The van der Waals surface area contributed by atoms with Gasteiger partial charge in [-0.05, 0) is 65.9 Å². The quantitative estimate of drug-likeness (QED) is 0.532. The van der Waals surface area contributed by atoms with Gasteiger partial charge in [0.1, 0.15) is 11.4 Å². The van der Waals surface area contributed by atoms with E-state index in [9.17, 15) is 13.2 Å². The molecule has 30 heavy (non-hydrogen) atoms. The third-order valence-electron chi connectivity index (χ3n) is 5.08. The van der Waals surface area contributed by atoms with Crippen LogP contribution in [-0.4, -0.2) is 31.2 Å². The molecule has 2 heterocycles. The van der Waals surface area contributed by atoms with Crippen LogP contribution in [0, 0.1) is 0 Å². The van der Waals surface area contributed by atoms with Crippen LogP contribution in [0.5, 0.6) is 5.75 Å². The van der Waals surface area contributed by atoms with Crippen LogP contribution in [0.3, 0.4) is 0 Å². The minimum atomic E-state index is -3.32. The van der Waals surface area contributed by atoms with Gasteiger partial charge < -0.3 is 9.47 Å². The summed E-state index contributed by atoms with van der Waals surface area (Å²) in [4.78, 5) is 17.3. The van der Waals surface area contributed by atoms with Crippen molar-refractivity contribution < 1.29 is 22.7 Å². The monoisotopic (exact) mass is 493 g/mol. The highest BCUT2D eigenvalue weighted by molar-refractivity contribution is 9.10. The third-order valence-corrected chi connectivity index (χ3v) is 6.84. The Labute approximate surface area is 185 Å². The first kappa shape index (κ1) is 22.5. The molecule has 1 atom stereocenters. The number of carbonyl (C=O) groups excluding carboxylic acids is 1. The number of sulfone groups is 1. The Hall–Kier alpha value is -2.19. The maximum Gasteiger partial charge on any atom is 0.375 e. The number of ether oxygens (including phenoxy) is 2. The van der Waals surface area contributed by atoms with E-state index < -0.39 is 21.4 Å². The molecule has 0 fully saturated rings. The van der Waals surface area contributed by atoms with Crippen molar-refractivity contribution in [1.29, 1.82) is 0 Å². The average molecular weight is 494 g/mol. The predicted octanol–water partition coefficient (Wildman–Crippen LogP) is 4.89. The summed E-state index contributed by atoms with van der Waals surface area (Å²) in [5, 5.41) is 0. The fraction of sp³-hybridized carbons (Fsp3) is 0.364. The number of hydrogen-bond donors (Lipinski definition) is 0. The fourth-order valence-corrected chi connectivity index (χ4v) is 4.65. The summed E-state index contributed by atoms with van der Waals surface area (Å²) >= 11 is 3.53. The van der Waals surface area contributed by atoms with Crippen molar-refractivity contribution in [2.24, 2.45) is 0 Å². The van der Waals surface area contributed by atoms with Gasteiger partial charge in [-0.25, -0.2) is 13.2 Å². The number of carbonyl (C=O) groups is 1. The first-order valence-electron chi connectivity index (χ1n) is 9.56. The van der Waals surface area contributed by atoms with Crippen LogP contribution in [-0.2, 0) is 19.4 Å². The standard InChI is InChI=1S/C22H24BrNO5S/c1-6-13(2)19-17(23)11-15(12-24-19)28-20-18(22(3,4)29-21(20)25)14-7-9-16(10-8-14)30(5,26)27/h7-13H,6H2,1-5H3. The van der Waals surface area contributed by atoms with Crippen LogP contribution < -0.4 is 4.74 Å². The van der Waals surface area contributed by atoms with Gasteiger partial charge >= 0.3 is 5.97 Å². The Morgan fingerprint density at radius 3 is 2.40 bits per heavy atom. The van der Waals surface area contributed by atoms with Gasteiger partial charge in [0.05, 0.1) is 22.4 Å². The van der Waals surface area contributed by atoms with Gasteiger partial charge in [0.2, 0.25) is 5.76 Å². The molecule has 0 N–H and O–H groups in total. The molecule has 160 valence electrons. The van der Waals surface area contributed by atoms with E-state index in [-0.39, 0.29) is 16.6 Å². The normalized spacial score (nSPS) is 17.1. The number of benzene rings is 1. The van der Waals surface area contributed by atoms with Crippen molar-refractivity contribution in [1.82, 2.24) is 4.98 Å². The van der Waals surface area contributed by atoms with Crippen LogP contribution >= 0.6 is 15.9 Å². The molecule has 1 unspecified atom stereocenters. The predicted molar refractivity (Wildman–Crippen MR) is 118 cm³/mol. The Balaban J connectivity index is 2.03. The second-order valence-electron chi connectivity index (χ2n) is 7.85. The highest BCUT2D eigenvalue weighted by Crippen LogP contribution is 2.41. The molecule has 8 heteroatoms. The van der Waals surface area contributed by atoms with Crippen LogP contribution in [0.15, 0.2) is 51.7 Å². The Kier molecular flexibility index (Phi) is 6.11. The molecule has 0 radical (unpaired) electrons. The molecule has 0 aliphatic carbocycles. The van der Waals surface area contributed by atoms with Crippen LogP contribution in [0.4, 0.5) is 0 Å². The number of hydrogen-bond acceptors (Lipinski definition) is 6. The molecule has 0 saturated heterocycles. The van der Waals surface area contributed by atoms with Crippen LogP contribution in [0.2, 0.25) is 0 Å². The van der Waals surface area contributed by atoms with Crippen LogP contribution in [0.1, 0.15) is 51.3 Å². The van der Waals surface area contributed by atoms with Gasteiger partial charge in [-0.2, -0.15) is 0 Å². The van der Waals surface area contributed by atoms with Crippen molar-refractivity contribution in [2.75, 3.05) is 6.26 Å². The van der Waals surface area contributed by atoms with E-state index in [4.69, 9.17) is 9.47 Å². The summed E-state index contributed by atoms with van der Waals surface area (Å²) < 4.78 is 35.8. The van der Waals surface area contributed by atoms with E-state index in [0.29, 0.717) is 16.9 Å². The Morgan fingerprint density at radius 1 is 1.23 bits per heavy atom. The third kappa shape index (κ3) is 4.44. The Bertz CT molecular complexity index is 1120. The summed E-state index contributed by atoms with van der Waals surface area (Å²) in [5.41, 5.74) is 1.19. The molecule has 3 rings (SSSR count). The molecule has 1 aliphatic rings. The summed E-state index contributed by atoms with van der Waals surface area (Å²) in [7, 11) is -3.32. The number of nitrogens with zero attached hydrogens (tertiary/aromatic N) is 1. The van der Waals surface area contributed by atoms with E-state index >= 15 is 0 Å². The first-order valence-corrected chi connectivity index (χ1v) is 12.2. The van der Waals surface area contributed by atoms with E-state index in [2.05, 4.69) is 34.8 Å². The van der Waals surface area contributed by atoms with E-state index in [1.165, 1.54) is 12.1 Å². The maximum absolute atomic E-state index is 12.6. The summed E-state index contributed by atoms with van der Waals surface area (Å²) in [5.74, 6) is 0.178. The zero-order chi connectivity index (χ0) is 22.3. The van der Waals surface area contributed by atoms with E-state index in [0.717, 1.165) is 22.8 Å². The molecule has 1 aliphatic heterocycles.